The van der Waals surface area contributed by atoms with Crippen molar-refractivity contribution in [2.75, 3.05) is 16.8 Å². The number of aromatic nitrogens is 3. The number of nitriles is 1. The van der Waals surface area contributed by atoms with Crippen molar-refractivity contribution in [2.45, 2.75) is 13.3 Å². The molecule has 0 saturated heterocycles. The van der Waals surface area contributed by atoms with Crippen LogP contribution in [0.25, 0.3) is 22.0 Å². The van der Waals surface area contributed by atoms with Gasteiger partial charge in [0, 0.05) is 17.1 Å². The molecular formula is C19H17N7O. The number of nitrogens with zero attached hydrogens (tertiary/aromatic N) is 4. The molecule has 8 heteroatoms. The lowest BCUT2D eigenvalue weighted by molar-refractivity contribution is -0.117. The third kappa shape index (κ3) is 3.00. The summed E-state index contributed by atoms with van der Waals surface area (Å²) in [5, 5.41) is 20.5. The SMILES string of the molecule is Cc1c(N)cncc1-c1cc(N)c2nnc(NC(=O)[C@H]3C[C@@H]3C#N)cc2c1. The maximum Gasteiger partial charge on any atom is 0.230 e. The smallest absolute Gasteiger partial charge is 0.230 e. The zero-order valence-electron chi connectivity index (χ0n) is 14.6. The number of carbonyl (C=O) groups excluding carboxylic acids is 1. The fourth-order valence-corrected chi connectivity index (χ4v) is 3.08. The first-order valence-corrected chi connectivity index (χ1v) is 8.46. The summed E-state index contributed by atoms with van der Waals surface area (Å²) in [5.41, 5.74) is 16.4. The van der Waals surface area contributed by atoms with Crippen LogP contribution in [0.4, 0.5) is 17.2 Å². The van der Waals surface area contributed by atoms with Crippen LogP contribution in [0, 0.1) is 30.1 Å². The summed E-state index contributed by atoms with van der Waals surface area (Å²) in [6.07, 6.45) is 3.93. The van der Waals surface area contributed by atoms with E-state index in [2.05, 4.69) is 26.6 Å². The van der Waals surface area contributed by atoms with E-state index in [1.807, 2.05) is 13.0 Å². The van der Waals surface area contributed by atoms with E-state index in [1.165, 1.54) is 0 Å². The monoisotopic (exact) mass is 359 g/mol. The number of benzene rings is 1. The number of rotatable bonds is 3. The van der Waals surface area contributed by atoms with Gasteiger partial charge in [0.05, 0.1) is 35.5 Å². The van der Waals surface area contributed by atoms with E-state index in [1.54, 1.807) is 24.5 Å². The van der Waals surface area contributed by atoms with Crippen molar-refractivity contribution in [3.63, 3.8) is 0 Å². The van der Waals surface area contributed by atoms with Gasteiger partial charge in [0.1, 0.15) is 5.52 Å². The Morgan fingerprint density at radius 2 is 2.04 bits per heavy atom. The van der Waals surface area contributed by atoms with Crippen molar-refractivity contribution in [3.8, 4) is 17.2 Å². The molecule has 1 aliphatic rings. The fourth-order valence-electron chi connectivity index (χ4n) is 3.08. The van der Waals surface area contributed by atoms with Gasteiger partial charge in [-0.2, -0.15) is 5.26 Å². The highest BCUT2D eigenvalue weighted by Crippen LogP contribution is 2.38. The van der Waals surface area contributed by atoms with E-state index in [0.717, 1.165) is 22.1 Å². The lowest BCUT2D eigenvalue weighted by atomic mass is 9.99. The van der Waals surface area contributed by atoms with Crippen LogP contribution in [0.15, 0.2) is 30.6 Å². The van der Waals surface area contributed by atoms with Gasteiger partial charge < -0.3 is 16.8 Å². The lowest BCUT2D eigenvalue weighted by Gasteiger charge is -2.11. The van der Waals surface area contributed by atoms with Crippen molar-refractivity contribution in [1.82, 2.24) is 15.2 Å². The Hall–Kier alpha value is -3.73. The number of hydrogen-bond acceptors (Lipinski definition) is 7. The first-order chi connectivity index (χ1) is 13.0. The predicted octanol–water partition coefficient (Wildman–Crippen LogP) is 2.26. The van der Waals surface area contributed by atoms with Crippen LogP contribution in [-0.2, 0) is 4.79 Å². The molecule has 4 rings (SSSR count). The second-order valence-corrected chi connectivity index (χ2v) is 6.70. The van der Waals surface area contributed by atoms with Crippen LogP contribution in [0.5, 0.6) is 0 Å². The highest BCUT2D eigenvalue weighted by Gasteiger charge is 2.43. The Bertz CT molecular complexity index is 1120. The Kier molecular flexibility index (Phi) is 3.85. The number of nitrogens with one attached hydrogen (secondary N) is 1. The molecule has 1 aromatic carbocycles. The largest absolute Gasteiger partial charge is 0.397 e. The van der Waals surface area contributed by atoms with Crippen molar-refractivity contribution < 1.29 is 4.79 Å². The van der Waals surface area contributed by atoms with E-state index in [9.17, 15) is 4.79 Å². The van der Waals surface area contributed by atoms with E-state index in [4.69, 9.17) is 16.7 Å². The Labute approximate surface area is 155 Å². The summed E-state index contributed by atoms with van der Waals surface area (Å²) in [7, 11) is 0. The van der Waals surface area contributed by atoms with E-state index < -0.39 is 0 Å². The minimum Gasteiger partial charge on any atom is -0.397 e. The second-order valence-electron chi connectivity index (χ2n) is 6.70. The lowest BCUT2D eigenvalue weighted by Crippen LogP contribution is -2.16. The van der Waals surface area contributed by atoms with Crippen LogP contribution in [0.1, 0.15) is 12.0 Å². The molecule has 1 fully saturated rings. The van der Waals surface area contributed by atoms with Crippen molar-refractivity contribution in [3.05, 3.63) is 36.2 Å². The van der Waals surface area contributed by atoms with Crippen LogP contribution in [0.3, 0.4) is 0 Å². The van der Waals surface area contributed by atoms with Gasteiger partial charge in [-0.3, -0.25) is 9.78 Å². The molecule has 1 aliphatic carbocycles. The molecule has 0 spiro atoms. The van der Waals surface area contributed by atoms with Crippen molar-refractivity contribution in [2.24, 2.45) is 11.8 Å². The van der Waals surface area contributed by atoms with Crippen LogP contribution in [-0.4, -0.2) is 21.1 Å². The number of fused-ring (bicyclic) bond motifs is 1. The number of pyridine rings is 1. The summed E-state index contributed by atoms with van der Waals surface area (Å²) in [6, 6.07) is 7.54. The first-order valence-electron chi connectivity index (χ1n) is 8.46. The average Bonchev–Trinajstić information content (AvgIpc) is 3.44. The Morgan fingerprint density at radius 3 is 2.78 bits per heavy atom. The number of amides is 1. The predicted molar refractivity (Wildman–Crippen MR) is 102 cm³/mol. The molecule has 2 atom stereocenters. The molecule has 5 N–H and O–H groups in total. The molecule has 2 heterocycles. The minimum atomic E-state index is -0.273. The molecule has 8 nitrogen and oxygen atoms in total. The van der Waals surface area contributed by atoms with Gasteiger partial charge in [0.15, 0.2) is 5.82 Å². The minimum absolute atomic E-state index is 0.209. The summed E-state index contributed by atoms with van der Waals surface area (Å²) in [5.74, 6) is -0.366. The topological polar surface area (TPSA) is 144 Å². The van der Waals surface area contributed by atoms with Gasteiger partial charge in [0.25, 0.3) is 0 Å². The molecule has 1 amide bonds. The highest BCUT2D eigenvalue weighted by atomic mass is 16.2. The van der Waals surface area contributed by atoms with Gasteiger partial charge in [-0.25, -0.2) is 0 Å². The summed E-state index contributed by atoms with van der Waals surface area (Å²) in [4.78, 5) is 16.3. The van der Waals surface area contributed by atoms with Gasteiger partial charge in [-0.1, -0.05) is 0 Å². The number of nitrogens with two attached hydrogens (primary N) is 2. The van der Waals surface area contributed by atoms with Crippen LogP contribution >= 0.6 is 0 Å². The summed E-state index contributed by atoms with van der Waals surface area (Å²) in [6.45, 7) is 1.92. The maximum absolute atomic E-state index is 12.1. The zero-order chi connectivity index (χ0) is 19.1. The molecule has 0 unspecified atom stereocenters. The van der Waals surface area contributed by atoms with Crippen molar-refractivity contribution >= 4 is 34.0 Å². The number of carbonyl (C=O) groups is 1. The number of hydrogen-bond donors (Lipinski definition) is 3. The van der Waals surface area contributed by atoms with Gasteiger partial charge in [-0.05, 0) is 42.7 Å². The summed E-state index contributed by atoms with van der Waals surface area (Å²) >= 11 is 0. The van der Waals surface area contributed by atoms with Gasteiger partial charge in [0.2, 0.25) is 5.91 Å². The van der Waals surface area contributed by atoms with Crippen molar-refractivity contribution in [1.29, 1.82) is 5.26 Å². The molecule has 0 aliphatic heterocycles. The van der Waals surface area contributed by atoms with E-state index >= 15 is 0 Å². The second kappa shape index (κ2) is 6.21. The molecule has 1 saturated carbocycles. The molecule has 0 radical (unpaired) electrons. The molecular weight excluding hydrogens is 342 g/mol. The highest BCUT2D eigenvalue weighted by molar-refractivity contribution is 5.98. The van der Waals surface area contributed by atoms with Gasteiger partial charge >= 0.3 is 0 Å². The fraction of sp³-hybridized carbons (Fsp3) is 0.211. The standard InChI is InChI=1S/C19H17N7O/c1-9-14(7-23-8-16(9)22)10-2-11-5-17(25-26-18(11)15(21)4-10)24-19(27)13-3-12(13)6-20/h2,4-5,7-8,12-13H,3,21-22H2,1H3,(H,24,25,27)/t12-,13+/m1/s1. The molecule has 27 heavy (non-hydrogen) atoms. The Balaban J connectivity index is 1.71. The third-order valence-corrected chi connectivity index (χ3v) is 4.83. The summed E-state index contributed by atoms with van der Waals surface area (Å²) < 4.78 is 0. The van der Waals surface area contributed by atoms with E-state index in [0.29, 0.717) is 29.1 Å². The Morgan fingerprint density at radius 1 is 1.22 bits per heavy atom. The quantitative estimate of drug-likeness (QED) is 0.608. The number of nitrogen functional groups attached to an aromatic ring is 2. The third-order valence-electron chi connectivity index (χ3n) is 4.83. The molecule has 0 bridgehead atoms. The maximum atomic E-state index is 12.1. The molecule has 134 valence electrons. The number of anilines is 3. The average molecular weight is 359 g/mol. The normalized spacial score (nSPS) is 18.1. The van der Waals surface area contributed by atoms with Crippen LogP contribution in [0.2, 0.25) is 0 Å². The van der Waals surface area contributed by atoms with E-state index in [-0.39, 0.29) is 17.7 Å². The molecule has 3 aromatic rings. The van der Waals surface area contributed by atoms with Gasteiger partial charge in [-0.15, -0.1) is 10.2 Å². The van der Waals surface area contributed by atoms with Crippen LogP contribution < -0.4 is 16.8 Å². The molecule has 2 aromatic heterocycles. The zero-order valence-corrected chi connectivity index (χ0v) is 14.6. The first kappa shape index (κ1) is 16.7.